The number of carbonyl (C=O) groups is 1. The predicted octanol–water partition coefficient (Wildman–Crippen LogP) is 4.68. The lowest BCUT2D eigenvalue weighted by atomic mass is 10.1. The van der Waals surface area contributed by atoms with E-state index in [2.05, 4.69) is 5.32 Å². The van der Waals surface area contributed by atoms with Gasteiger partial charge < -0.3 is 5.32 Å². The van der Waals surface area contributed by atoms with Gasteiger partial charge in [-0.3, -0.25) is 9.69 Å². The fraction of sp³-hybridized carbons (Fsp3) is 0.278. The maximum absolute atomic E-state index is 12.2. The van der Waals surface area contributed by atoms with Gasteiger partial charge in [-0.25, -0.2) is 0 Å². The molecular weight excluding hydrogens is 331 g/mol. The Morgan fingerprint density at radius 2 is 1.87 bits per heavy atom. The molecule has 2 aromatic carbocycles. The number of rotatable bonds is 5. The van der Waals surface area contributed by atoms with Gasteiger partial charge in [-0.05, 0) is 55.8 Å². The van der Waals surface area contributed by atoms with Crippen LogP contribution in [0.4, 0.5) is 5.69 Å². The Morgan fingerprint density at radius 1 is 1.13 bits per heavy atom. The smallest absolute Gasteiger partial charge is 0.238 e. The van der Waals surface area contributed by atoms with E-state index in [1.165, 1.54) is 0 Å². The second-order valence-electron chi connectivity index (χ2n) is 5.77. The third-order valence-electron chi connectivity index (χ3n) is 3.54. The molecule has 0 atom stereocenters. The van der Waals surface area contributed by atoms with E-state index in [1.807, 2.05) is 50.1 Å². The average Bonchev–Trinajstić information content (AvgIpc) is 2.46. The maximum atomic E-state index is 12.2. The fourth-order valence-corrected chi connectivity index (χ4v) is 2.77. The molecule has 3 nitrogen and oxygen atoms in total. The summed E-state index contributed by atoms with van der Waals surface area (Å²) in [5, 5.41) is 4.17. The maximum Gasteiger partial charge on any atom is 0.238 e. The number of nitrogens with one attached hydrogen (secondary N) is 1. The quantitative estimate of drug-likeness (QED) is 0.848. The highest BCUT2D eigenvalue weighted by molar-refractivity contribution is 6.35. The minimum absolute atomic E-state index is 0.0497. The second-order valence-corrected chi connectivity index (χ2v) is 6.62. The summed E-state index contributed by atoms with van der Waals surface area (Å²) in [4.78, 5) is 14.1. The number of halogens is 2. The highest BCUT2D eigenvalue weighted by Gasteiger charge is 2.11. The van der Waals surface area contributed by atoms with E-state index >= 15 is 0 Å². The Hall–Kier alpha value is -1.55. The number of benzene rings is 2. The lowest BCUT2D eigenvalue weighted by Crippen LogP contribution is -2.30. The molecule has 122 valence electrons. The van der Waals surface area contributed by atoms with Gasteiger partial charge in [0.05, 0.1) is 6.54 Å². The van der Waals surface area contributed by atoms with Crippen LogP contribution in [-0.4, -0.2) is 24.4 Å². The van der Waals surface area contributed by atoms with Crippen LogP contribution < -0.4 is 5.32 Å². The lowest BCUT2D eigenvalue weighted by molar-refractivity contribution is -0.117. The summed E-state index contributed by atoms with van der Waals surface area (Å²) in [7, 11) is 1.88. The van der Waals surface area contributed by atoms with Crippen LogP contribution in [0, 0.1) is 13.8 Å². The molecule has 0 unspecified atom stereocenters. The molecule has 0 heterocycles. The van der Waals surface area contributed by atoms with Crippen molar-refractivity contribution in [3.8, 4) is 0 Å². The summed E-state index contributed by atoms with van der Waals surface area (Å²) in [6.07, 6.45) is 0. The van der Waals surface area contributed by atoms with Crippen LogP contribution in [-0.2, 0) is 11.3 Å². The predicted molar refractivity (Wildman–Crippen MR) is 97.3 cm³/mol. The van der Waals surface area contributed by atoms with E-state index in [1.54, 1.807) is 12.1 Å². The minimum Gasteiger partial charge on any atom is -0.325 e. The average molecular weight is 351 g/mol. The van der Waals surface area contributed by atoms with Gasteiger partial charge in [0.1, 0.15) is 0 Å². The van der Waals surface area contributed by atoms with E-state index < -0.39 is 0 Å². The third kappa shape index (κ3) is 5.24. The van der Waals surface area contributed by atoms with E-state index in [0.29, 0.717) is 16.6 Å². The first-order valence-corrected chi connectivity index (χ1v) is 8.10. The van der Waals surface area contributed by atoms with Crippen molar-refractivity contribution >= 4 is 34.8 Å². The number of hydrogen-bond acceptors (Lipinski definition) is 2. The molecule has 0 aliphatic rings. The molecule has 0 saturated carbocycles. The van der Waals surface area contributed by atoms with E-state index in [-0.39, 0.29) is 12.5 Å². The Kier molecular flexibility index (Phi) is 6.05. The largest absolute Gasteiger partial charge is 0.325 e. The highest BCUT2D eigenvalue weighted by Crippen LogP contribution is 2.22. The molecule has 0 bridgehead atoms. The van der Waals surface area contributed by atoms with E-state index in [0.717, 1.165) is 22.4 Å². The number of carbonyl (C=O) groups excluding carboxylic acids is 1. The molecule has 0 aliphatic carbocycles. The molecule has 0 aromatic heterocycles. The van der Waals surface area contributed by atoms with Crippen LogP contribution in [0.15, 0.2) is 36.4 Å². The summed E-state index contributed by atoms with van der Waals surface area (Å²) in [6, 6.07) is 11.4. The van der Waals surface area contributed by atoms with Gasteiger partial charge in [-0.1, -0.05) is 41.4 Å². The molecule has 0 fully saturated rings. The third-order valence-corrected chi connectivity index (χ3v) is 4.12. The van der Waals surface area contributed by atoms with E-state index in [4.69, 9.17) is 23.2 Å². The normalized spacial score (nSPS) is 10.9. The molecular formula is C18H20Cl2N2O. The molecule has 2 rings (SSSR count). The SMILES string of the molecule is Cc1ccc(C)c(NC(=O)CN(C)Cc2ccc(Cl)cc2Cl)c1. The van der Waals surface area contributed by atoms with Crippen molar-refractivity contribution in [3.63, 3.8) is 0 Å². The van der Waals surface area contributed by atoms with Crippen molar-refractivity contribution in [2.45, 2.75) is 20.4 Å². The number of aryl methyl sites for hydroxylation is 2. The van der Waals surface area contributed by atoms with Gasteiger partial charge in [0.2, 0.25) is 5.91 Å². The molecule has 23 heavy (non-hydrogen) atoms. The van der Waals surface area contributed by atoms with Crippen molar-refractivity contribution < 1.29 is 4.79 Å². The second kappa shape index (κ2) is 7.82. The Bertz CT molecular complexity index is 716. The zero-order chi connectivity index (χ0) is 17.0. The number of hydrogen-bond donors (Lipinski definition) is 1. The molecule has 1 N–H and O–H groups in total. The van der Waals surface area contributed by atoms with Crippen LogP contribution >= 0.6 is 23.2 Å². The Balaban J connectivity index is 1.95. The number of likely N-dealkylation sites (N-methyl/N-ethyl adjacent to an activating group) is 1. The number of nitrogens with zero attached hydrogens (tertiary/aromatic N) is 1. The van der Waals surface area contributed by atoms with Crippen LogP contribution in [0.5, 0.6) is 0 Å². The van der Waals surface area contributed by atoms with Crippen LogP contribution in [0.3, 0.4) is 0 Å². The van der Waals surface area contributed by atoms with Crippen molar-refractivity contribution in [2.24, 2.45) is 0 Å². The highest BCUT2D eigenvalue weighted by atomic mass is 35.5. The Labute approximate surface area is 147 Å². The van der Waals surface area contributed by atoms with Gasteiger partial charge in [-0.15, -0.1) is 0 Å². The topological polar surface area (TPSA) is 32.3 Å². The molecule has 0 aliphatic heterocycles. The number of anilines is 1. The molecule has 0 radical (unpaired) electrons. The first-order valence-electron chi connectivity index (χ1n) is 7.34. The fourth-order valence-electron chi connectivity index (χ4n) is 2.30. The molecule has 0 saturated heterocycles. The molecule has 5 heteroatoms. The number of amides is 1. The molecule has 2 aromatic rings. The molecule has 0 spiro atoms. The van der Waals surface area contributed by atoms with Crippen molar-refractivity contribution in [3.05, 3.63) is 63.1 Å². The van der Waals surface area contributed by atoms with Gasteiger partial charge in [0.25, 0.3) is 0 Å². The van der Waals surface area contributed by atoms with Crippen LogP contribution in [0.25, 0.3) is 0 Å². The van der Waals surface area contributed by atoms with Crippen molar-refractivity contribution in [1.29, 1.82) is 0 Å². The first-order chi connectivity index (χ1) is 10.8. The van der Waals surface area contributed by atoms with Gasteiger partial charge in [0, 0.05) is 22.3 Å². The van der Waals surface area contributed by atoms with Gasteiger partial charge in [-0.2, -0.15) is 0 Å². The molecule has 1 amide bonds. The van der Waals surface area contributed by atoms with Crippen molar-refractivity contribution in [2.75, 3.05) is 18.9 Å². The summed E-state index contributed by atoms with van der Waals surface area (Å²) >= 11 is 12.1. The zero-order valence-electron chi connectivity index (χ0n) is 13.5. The summed E-state index contributed by atoms with van der Waals surface area (Å²) in [6.45, 7) is 4.85. The summed E-state index contributed by atoms with van der Waals surface area (Å²) < 4.78 is 0. The Morgan fingerprint density at radius 3 is 2.57 bits per heavy atom. The van der Waals surface area contributed by atoms with Crippen LogP contribution in [0.2, 0.25) is 10.0 Å². The lowest BCUT2D eigenvalue weighted by Gasteiger charge is -2.18. The van der Waals surface area contributed by atoms with Crippen LogP contribution in [0.1, 0.15) is 16.7 Å². The first kappa shape index (κ1) is 17.8. The standard InChI is InChI=1S/C18H20Cl2N2O/c1-12-4-5-13(2)17(8-12)21-18(23)11-22(3)10-14-6-7-15(19)9-16(14)20/h4-9H,10-11H2,1-3H3,(H,21,23). The summed E-state index contributed by atoms with van der Waals surface area (Å²) in [5.74, 6) is -0.0497. The summed E-state index contributed by atoms with van der Waals surface area (Å²) in [5.41, 5.74) is 3.96. The monoisotopic (exact) mass is 350 g/mol. The van der Waals surface area contributed by atoms with Gasteiger partial charge >= 0.3 is 0 Å². The minimum atomic E-state index is -0.0497. The van der Waals surface area contributed by atoms with Crippen molar-refractivity contribution in [1.82, 2.24) is 4.90 Å². The van der Waals surface area contributed by atoms with Gasteiger partial charge in [0.15, 0.2) is 0 Å². The van der Waals surface area contributed by atoms with E-state index in [9.17, 15) is 4.79 Å². The zero-order valence-corrected chi connectivity index (χ0v) is 15.0.